The van der Waals surface area contributed by atoms with E-state index in [0.717, 1.165) is 0 Å². The first-order valence-electron chi connectivity index (χ1n) is 1.40. The molecule has 0 bridgehead atoms. The van der Waals surface area contributed by atoms with Crippen molar-refractivity contribution in [2.24, 2.45) is 0 Å². The minimum Gasteiger partial charge on any atom is -1.00 e. The van der Waals surface area contributed by atoms with Crippen molar-refractivity contribution in [2.45, 2.75) is 0 Å². The third kappa shape index (κ3) is 4.04. The van der Waals surface area contributed by atoms with E-state index < -0.39 is 0 Å². The molecule has 0 aromatic carbocycles. The Labute approximate surface area is 61.3 Å². The second-order valence-electron chi connectivity index (χ2n) is 0.731. The number of hydrogen-bond acceptors (Lipinski definition) is 1. The quantitative estimate of drug-likeness (QED) is 0.325. The van der Waals surface area contributed by atoms with Crippen molar-refractivity contribution in [3.05, 3.63) is 24.7 Å². The van der Waals surface area contributed by atoms with E-state index in [1.165, 1.54) is 0 Å². The Balaban J connectivity index is 0. The third-order valence-corrected chi connectivity index (χ3v) is 0.379. The average Bonchev–Trinajstić information content (AvgIpc) is 1.76. The Morgan fingerprint density at radius 2 is 2.14 bits per heavy atom. The fourth-order valence-electron chi connectivity index (χ4n) is 0.196. The fraction of sp³-hybridized carbons (Fsp3) is 0. The monoisotopic (exact) mass is 166 g/mol. The zero-order valence-corrected chi connectivity index (χ0v) is 7.45. The second kappa shape index (κ2) is 6.19. The van der Waals surface area contributed by atoms with Crippen LogP contribution >= 0.6 is 0 Å². The van der Waals surface area contributed by atoms with Gasteiger partial charge >= 0.3 is 19.5 Å². The molecule has 34 valence electrons. The number of hydrogen-bond donors (Lipinski definition) is 0. The summed E-state index contributed by atoms with van der Waals surface area (Å²) in [7, 11) is 0. The molecule has 1 aromatic rings. The van der Waals surface area contributed by atoms with Crippen LogP contribution in [0.25, 0.3) is 0 Å². The van der Waals surface area contributed by atoms with Gasteiger partial charge in [-0.15, -0.1) is 6.07 Å². The van der Waals surface area contributed by atoms with Crippen LogP contribution in [0.1, 0.15) is 0 Å². The Kier molecular flexibility index (Phi) is 9.05. The summed E-state index contributed by atoms with van der Waals surface area (Å²) < 4.78 is 4.46. The van der Waals surface area contributed by atoms with Crippen molar-refractivity contribution in [3.8, 4) is 0 Å². The predicted molar refractivity (Wildman–Crippen MR) is 17.5 cm³/mol. The fourth-order valence-corrected chi connectivity index (χ4v) is 0.196. The molecule has 0 aliphatic carbocycles. The first-order chi connectivity index (χ1) is 2.50. The Bertz CT molecular complexity index is 68.2. The molecule has 0 radical (unpaired) electrons. The van der Waals surface area contributed by atoms with Gasteiger partial charge in [-0.05, 0) is 6.26 Å². The predicted octanol–water partition coefficient (Wildman–Crippen LogP) is -1.92. The van der Waals surface area contributed by atoms with Gasteiger partial charge in [-0.3, -0.25) is 0 Å². The average molecular weight is 168 g/mol. The minimum absolute atomic E-state index is 0. The van der Waals surface area contributed by atoms with Crippen LogP contribution in [0, 0.1) is 6.26 Å². The largest absolute Gasteiger partial charge is 2.00 e. The van der Waals surface area contributed by atoms with Crippen molar-refractivity contribution < 1.29 is 36.3 Å². The molecule has 0 spiro atoms. The van der Waals surface area contributed by atoms with Crippen LogP contribution in [0.15, 0.2) is 22.8 Å². The summed E-state index contributed by atoms with van der Waals surface area (Å²) in [6, 6.07) is 3.49. The Hall–Kier alpha value is 0.193. The first-order valence-corrected chi connectivity index (χ1v) is 1.40. The number of halogens is 1. The Morgan fingerprint density at radius 1 is 1.43 bits per heavy atom. The molecule has 7 heavy (non-hydrogen) atoms. The molecule has 1 aromatic heterocycles. The van der Waals surface area contributed by atoms with Crippen molar-refractivity contribution in [1.82, 2.24) is 0 Å². The Morgan fingerprint density at radius 3 is 2.29 bits per heavy atom. The molecule has 1 heterocycles. The molecule has 0 unspecified atom stereocenters. The van der Waals surface area contributed by atoms with Gasteiger partial charge < -0.3 is 16.8 Å². The molecule has 0 saturated carbocycles. The maximum Gasteiger partial charge on any atom is 2.00 e. The van der Waals surface area contributed by atoms with E-state index in [0.29, 0.717) is 0 Å². The summed E-state index contributed by atoms with van der Waals surface area (Å²) in [5, 5.41) is 0. The van der Waals surface area contributed by atoms with Crippen LogP contribution in [0.4, 0.5) is 0 Å². The normalized spacial score (nSPS) is 5.71. The van der Waals surface area contributed by atoms with Gasteiger partial charge in [-0.1, -0.05) is 6.26 Å². The van der Waals surface area contributed by atoms with Gasteiger partial charge in [0.25, 0.3) is 0 Å². The zero-order valence-electron chi connectivity index (χ0n) is 3.73. The van der Waals surface area contributed by atoms with Crippen molar-refractivity contribution in [1.29, 1.82) is 0 Å². The van der Waals surface area contributed by atoms with Crippen LogP contribution in [-0.2, 0) is 19.5 Å². The minimum atomic E-state index is 0. The van der Waals surface area contributed by atoms with E-state index in [1.807, 2.05) is 0 Å². The van der Waals surface area contributed by atoms with E-state index in [-0.39, 0.29) is 31.9 Å². The first kappa shape index (κ1) is 10.2. The molecule has 0 atom stereocenters. The topological polar surface area (TPSA) is 13.1 Å². The summed E-state index contributed by atoms with van der Waals surface area (Å²) in [6.07, 6.45) is 4.06. The molecule has 1 rings (SSSR count). The van der Waals surface area contributed by atoms with Crippen molar-refractivity contribution in [3.63, 3.8) is 0 Å². The molecule has 0 fully saturated rings. The number of rotatable bonds is 0. The summed E-state index contributed by atoms with van der Waals surface area (Å²) >= 11 is 0. The molecule has 0 N–H and O–H groups in total. The van der Waals surface area contributed by atoms with Crippen molar-refractivity contribution in [2.75, 3.05) is 0 Å². The molecule has 1 nitrogen and oxygen atoms in total. The van der Waals surface area contributed by atoms with Crippen LogP contribution in [-0.4, -0.2) is 0 Å². The second-order valence-corrected chi connectivity index (χ2v) is 0.731. The molecule has 0 saturated heterocycles. The summed E-state index contributed by atoms with van der Waals surface area (Å²) in [5.41, 5.74) is 0. The smallest absolute Gasteiger partial charge is 1.00 e. The standard InChI is InChI=1S/C4H3O.ClH.Zn/c1-2-4-5-3-1;;/h1-3H;1H;/q-1;;+2/p-1. The molecular formula is C4H3ClOZn. The number of furan rings is 1. The molecule has 3 heteroatoms. The van der Waals surface area contributed by atoms with E-state index >= 15 is 0 Å². The summed E-state index contributed by atoms with van der Waals surface area (Å²) in [4.78, 5) is 0. The van der Waals surface area contributed by atoms with Gasteiger partial charge in [0.15, 0.2) is 0 Å². The van der Waals surface area contributed by atoms with E-state index in [1.54, 1.807) is 18.4 Å². The van der Waals surface area contributed by atoms with Gasteiger partial charge in [0.1, 0.15) is 0 Å². The van der Waals surface area contributed by atoms with Crippen LogP contribution in [0.3, 0.4) is 0 Å². The van der Waals surface area contributed by atoms with Gasteiger partial charge in [0, 0.05) is 0 Å². The van der Waals surface area contributed by atoms with Crippen LogP contribution < -0.4 is 12.4 Å². The SMILES string of the molecule is [Cl-].[Zn+2].[c-]1ccco1. The maximum absolute atomic E-state index is 4.46. The molecule has 0 aliphatic heterocycles. The molecular weight excluding hydrogens is 165 g/mol. The third-order valence-electron chi connectivity index (χ3n) is 0.379. The molecule has 0 aliphatic rings. The maximum atomic E-state index is 4.46. The van der Waals surface area contributed by atoms with Gasteiger partial charge in [-0.25, -0.2) is 0 Å². The van der Waals surface area contributed by atoms with Crippen molar-refractivity contribution >= 4 is 0 Å². The van der Waals surface area contributed by atoms with Gasteiger partial charge in [-0.2, -0.15) is 6.07 Å². The van der Waals surface area contributed by atoms with E-state index in [4.69, 9.17) is 0 Å². The van der Waals surface area contributed by atoms with Crippen LogP contribution in [0.2, 0.25) is 0 Å². The zero-order chi connectivity index (χ0) is 3.54. The summed E-state index contributed by atoms with van der Waals surface area (Å²) in [5.74, 6) is 0. The van der Waals surface area contributed by atoms with E-state index in [2.05, 4.69) is 10.7 Å². The van der Waals surface area contributed by atoms with Gasteiger partial charge in [0.2, 0.25) is 0 Å². The molecule has 0 amide bonds. The van der Waals surface area contributed by atoms with Crippen LogP contribution in [0.5, 0.6) is 0 Å². The van der Waals surface area contributed by atoms with E-state index in [9.17, 15) is 0 Å². The summed E-state index contributed by atoms with van der Waals surface area (Å²) in [6.45, 7) is 0. The van der Waals surface area contributed by atoms with Gasteiger partial charge in [0.05, 0.1) is 0 Å².